The molecule has 53 valence electrons. The second kappa shape index (κ2) is 3.77. The van der Waals surface area contributed by atoms with Gasteiger partial charge in [-0.25, -0.2) is 0 Å². The molecular formula is C8H9O2. The molecule has 0 unspecified atom stereocenters. The lowest BCUT2D eigenvalue weighted by Crippen LogP contribution is -1.90. The fourth-order valence-electron chi connectivity index (χ4n) is 0.544. The van der Waals surface area contributed by atoms with Gasteiger partial charge in [-0.2, -0.15) is 0 Å². The molecule has 10 heavy (non-hydrogen) atoms. The van der Waals surface area contributed by atoms with Crippen molar-refractivity contribution in [3.05, 3.63) is 37.5 Å². The summed E-state index contributed by atoms with van der Waals surface area (Å²) in [6, 6.07) is 3.54. The van der Waals surface area contributed by atoms with Crippen LogP contribution in [0.2, 0.25) is 0 Å². The van der Waals surface area contributed by atoms with E-state index in [0.717, 1.165) is 0 Å². The monoisotopic (exact) mass is 137 g/mol. The molecule has 0 saturated heterocycles. The molecule has 0 aliphatic heterocycles. The SMILES string of the molecule is [CH2]C=CCOc1ccco1. The van der Waals surface area contributed by atoms with Gasteiger partial charge in [0.15, 0.2) is 0 Å². The highest BCUT2D eigenvalue weighted by Crippen LogP contribution is 2.08. The van der Waals surface area contributed by atoms with Crippen LogP contribution in [0.25, 0.3) is 0 Å². The lowest BCUT2D eigenvalue weighted by atomic mass is 10.5. The first-order valence-corrected chi connectivity index (χ1v) is 3.04. The van der Waals surface area contributed by atoms with Crippen LogP contribution in [0.4, 0.5) is 0 Å². The average Bonchev–Trinajstić information content (AvgIpc) is 2.41. The Morgan fingerprint density at radius 2 is 2.60 bits per heavy atom. The molecule has 0 aliphatic carbocycles. The smallest absolute Gasteiger partial charge is 0.284 e. The fourth-order valence-corrected chi connectivity index (χ4v) is 0.544. The zero-order valence-electron chi connectivity index (χ0n) is 5.62. The summed E-state index contributed by atoms with van der Waals surface area (Å²) in [6.07, 6.45) is 5.06. The molecule has 1 aromatic rings. The minimum Gasteiger partial charge on any atom is -0.461 e. The predicted molar refractivity (Wildman–Crippen MR) is 38.7 cm³/mol. The van der Waals surface area contributed by atoms with Crippen LogP contribution in [0, 0.1) is 6.92 Å². The highest BCUT2D eigenvalue weighted by molar-refractivity contribution is 5.04. The van der Waals surface area contributed by atoms with E-state index < -0.39 is 0 Å². The molecule has 0 atom stereocenters. The number of hydrogen-bond acceptors (Lipinski definition) is 2. The second-order valence-corrected chi connectivity index (χ2v) is 1.71. The summed E-state index contributed by atoms with van der Waals surface area (Å²) in [7, 11) is 0. The van der Waals surface area contributed by atoms with Gasteiger partial charge >= 0.3 is 0 Å². The van der Waals surface area contributed by atoms with E-state index in [4.69, 9.17) is 9.15 Å². The molecule has 0 spiro atoms. The first-order chi connectivity index (χ1) is 4.93. The van der Waals surface area contributed by atoms with Crippen molar-refractivity contribution in [1.29, 1.82) is 0 Å². The van der Waals surface area contributed by atoms with Crippen molar-refractivity contribution in [3.63, 3.8) is 0 Å². The van der Waals surface area contributed by atoms with Gasteiger partial charge in [0.25, 0.3) is 5.95 Å². The second-order valence-electron chi connectivity index (χ2n) is 1.71. The van der Waals surface area contributed by atoms with Gasteiger partial charge in [-0.1, -0.05) is 12.2 Å². The summed E-state index contributed by atoms with van der Waals surface area (Å²) in [6.45, 7) is 4.02. The maximum atomic E-state index is 5.09. The Bertz CT molecular complexity index is 187. The Hall–Kier alpha value is -1.18. The van der Waals surface area contributed by atoms with E-state index in [-0.39, 0.29) is 0 Å². The minimum absolute atomic E-state index is 0.511. The van der Waals surface area contributed by atoms with E-state index in [1.807, 2.05) is 6.08 Å². The summed E-state index contributed by atoms with van der Waals surface area (Å²) >= 11 is 0. The quantitative estimate of drug-likeness (QED) is 0.636. The molecule has 1 rings (SSSR count). The van der Waals surface area contributed by atoms with E-state index in [9.17, 15) is 0 Å². The van der Waals surface area contributed by atoms with Crippen molar-refractivity contribution >= 4 is 0 Å². The van der Waals surface area contributed by atoms with Crippen LogP contribution in [-0.2, 0) is 0 Å². The van der Waals surface area contributed by atoms with Gasteiger partial charge in [0.05, 0.1) is 6.26 Å². The molecule has 0 fully saturated rings. The van der Waals surface area contributed by atoms with E-state index in [0.29, 0.717) is 12.6 Å². The molecule has 1 aromatic heterocycles. The van der Waals surface area contributed by atoms with Crippen LogP contribution >= 0.6 is 0 Å². The molecule has 2 heteroatoms. The van der Waals surface area contributed by atoms with Crippen LogP contribution in [0.15, 0.2) is 35.0 Å². The molecule has 0 bridgehead atoms. The van der Waals surface area contributed by atoms with E-state index in [1.165, 1.54) is 0 Å². The first-order valence-electron chi connectivity index (χ1n) is 3.04. The highest BCUT2D eigenvalue weighted by Gasteiger charge is 1.90. The number of furan rings is 1. The standard InChI is InChI=1S/C8H9O2/c1-2-3-6-9-8-5-4-7-10-8/h2-5,7H,1,6H2. The van der Waals surface area contributed by atoms with E-state index in [1.54, 1.807) is 24.5 Å². The van der Waals surface area contributed by atoms with Crippen LogP contribution in [0.3, 0.4) is 0 Å². The van der Waals surface area contributed by atoms with Crippen molar-refractivity contribution in [2.45, 2.75) is 0 Å². The van der Waals surface area contributed by atoms with Crippen molar-refractivity contribution in [1.82, 2.24) is 0 Å². The Morgan fingerprint density at radius 3 is 3.20 bits per heavy atom. The molecule has 1 heterocycles. The lowest BCUT2D eigenvalue weighted by Gasteiger charge is -1.94. The third-order valence-electron chi connectivity index (χ3n) is 0.984. The molecule has 0 amide bonds. The number of ether oxygens (including phenoxy) is 1. The van der Waals surface area contributed by atoms with Crippen LogP contribution in [0.1, 0.15) is 0 Å². The van der Waals surface area contributed by atoms with Crippen LogP contribution < -0.4 is 4.74 Å². The summed E-state index contributed by atoms with van der Waals surface area (Å²) in [5.41, 5.74) is 0. The van der Waals surface area contributed by atoms with Gasteiger partial charge in [0.1, 0.15) is 6.61 Å². The minimum atomic E-state index is 0.511. The van der Waals surface area contributed by atoms with Gasteiger partial charge in [0.2, 0.25) is 0 Å². The van der Waals surface area contributed by atoms with E-state index >= 15 is 0 Å². The molecule has 0 saturated carbocycles. The van der Waals surface area contributed by atoms with Gasteiger partial charge < -0.3 is 9.15 Å². The maximum absolute atomic E-state index is 5.09. The van der Waals surface area contributed by atoms with Gasteiger partial charge in [0, 0.05) is 6.07 Å². The van der Waals surface area contributed by atoms with Crippen molar-refractivity contribution in [2.24, 2.45) is 0 Å². The largest absolute Gasteiger partial charge is 0.461 e. The van der Waals surface area contributed by atoms with Gasteiger partial charge in [-0.15, -0.1) is 0 Å². The maximum Gasteiger partial charge on any atom is 0.284 e. The lowest BCUT2D eigenvalue weighted by molar-refractivity contribution is 0.272. The van der Waals surface area contributed by atoms with Crippen molar-refractivity contribution in [3.8, 4) is 5.95 Å². The first kappa shape index (κ1) is 6.93. The van der Waals surface area contributed by atoms with E-state index in [2.05, 4.69) is 6.92 Å². The number of allylic oxidation sites excluding steroid dienone is 1. The normalized spacial score (nSPS) is 10.5. The van der Waals surface area contributed by atoms with Crippen LogP contribution in [-0.4, -0.2) is 6.61 Å². The molecule has 1 radical (unpaired) electrons. The summed E-state index contributed by atoms with van der Waals surface area (Å²) < 4.78 is 10.00. The third-order valence-corrected chi connectivity index (χ3v) is 0.984. The van der Waals surface area contributed by atoms with Gasteiger partial charge in [-0.3, -0.25) is 0 Å². The zero-order valence-corrected chi connectivity index (χ0v) is 5.62. The Kier molecular flexibility index (Phi) is 2.62. The van der Waals surface area contributed by atoms with Gasteiger partial charge in [-0.05, 0) is 13.0 Å². The molecule has 0 aromatic carbocycles. The van der Waals surface area contributed by atoms with Crippen molar-refractivity contribution < 1.29 is 9.15 Å². The number of hydrogen-bond donors (Lipinski definition) is 0. The van der Waals surface area contributed by atoms with Crippen molar-refractivity contribution in [2.75, 3.05) is 6.61 Å². The fraction of sp³-hybridized carbons (Fsp3) is 0.125. The molecule has 0 N–H and O–H groups in total. The molecule has 0 aliphatic rings. The number of rotatable bonds is 3. The Morgan fingerprint density at radius 1 is 1.70 bits per heavy atom. The summed E-state index contributed by atoms with van der Waals surface area (Å²) in [5.74, 6) is 0.540. The highest BCUT2D eigenvalue weighted by atomic mass is 16.6. The third kappa shape index (κ3) is 1.97. The summed E-state index contributed by atoms with van der Waals surface area (Å²) in [5, 5.41) is 0. The Balaban J connectivity index is 2.28. The average molecular weight is 137 g/mol. The predicted octanol–water partition coefficient (Wildman–Crippen LogP) is 2.05. The topological polar surface area (TPSA) is 22.4 Å². The molecule has 2 nitrogen and oxygen atoms in total. The molecular weight excluding hydrogens is 128 g/mol. The summed E-state index contributed by atoms with van der Waals surface area (Å²) in [4.78, 5) is 0. The zero-order chi connectivity index (χ0) is 7.23. The Labute approximate surface area is 60.1 Å². The van der Waals surface area contributed by atoms with Crippen LogP contribution in [0.5, 0.6) is 5.95 Å².